The van der Waals surface area contributed by atoms with E-state index >= 15 is 0 Å². The zero-order chi connectivity index (χ0) is 18.6. The molecule has 136 valence electrons. The smallest absolute Gasteiger partial charge is 0.230 e. The van der Waals surface area contributed by atoms with Gasteiger partial charge in [-0.1, -0.05) is 11.8 Å². The molecule has 0 aliphatic heterocycles. The molecule has 0 aliphatic rings. The number of hydrogen-bond donors (Lipinski definition) is 1. The van der Waals surface area contributed by atoms with Gasteiger partial charge < -0.3 is 9.73 Å². The summed E-state index contributed by atoms with van der Waals surface area (Å²) in [5.74, 6) is 0.403. The fourth-order valence-electron chi connectivity index (χ4n) is 2.41. The number of halogens is 1. The first-order chi connectivity index (χ1) is 13.2. The van der Waals surface area contributed by atoms with Crippen molar-refractivity contribution < 1.29 is 13.6 Å². The van der Waals surface area contributed by atoms with Gasteiger partial charge in [-0.05, 0) is 48.5 Å². The van der Waals surface area contributed by atoms with Crippen molar-refractivity contribution >= 4 is 23.3 Å². The molecule has 0 bridgehead atoms. The van der Waals surface area contributed by atoms with Crippen LogP contribution in [0.4, 0.5) is 4.39 Å². The highest BCUT2D eigenvalue weighted by molar-refractivity contribution is 7.99. The largest absolute Gasteiger partial charge is 0.467 e. The lowest BCUT2D eigenvalue weighted by molar-refractivity contribution is -0.118. The molecule has 1 amide bonds. The average Bonchev–Trinajstić information content (AvgIpc) is 3.34. The number of nitrogens with zero attached hydrogens (tertiary/aromatic N) is 4. The molecule has 4 aromatic rings. The quantitative estimate of drug-likeness (QED) is 0.515. The van der Waals surface area contributed by atoms with E-state index in [0.29, 0.717) is 28.8 Å². The average molecular weight is 383 g/mol. The lowest BCUT2D eigenvalue weighted by Gasteiger charge is -2.04. The van der Waals surface area contributed by atoms with Crippen LogP contribution in [-0.2, 0) is 11.3 Å². The summed E-state index contributed by atoms with van der Waals surface area (Å²) in [6.07, 6.45) is 1.56. The van der Waals surface area contributed by atoms with Gasteiger partial charge in [0, 0.05) is 5.56 Å². The van der Waals surface area contributed by atoms with E-state index in [1.807, 2.05) is 0 Å². The van der Waals surface area contributed by atoms with E-state index in [4.69, 9.17) is 4.42 Å². The van der Waals surface area contributed by atoms with Gasteiger partial charge in [0.15, 0.2) is 5.65 Å². The SMILES string of the molecule is O=C(CSc1nnc2ccc(-c3ccc(F)cc3)nn12)NCc1ccco1. The molecule has 27 heavy (non-hydrogen) atoms. The van der Waals surface area contributed by atoms with Gasteiger partial charge >= 0.3 is 0 Å². The van der Waals surface area contributed by atoms with Crippen LogP contribution in [-0.4, -0.2) is 31.5 Å². The standard InChI is InChI=1S/C18H14FN5O2S/c19-13-5-3-12(4-6-13)15-7-8-16-21-22-18(24(16)23-15)27-11-17(25)20-10-14-2-1-9-26-14/h1-9H,10-11H2,(H,20,25). The summed E-state index contributed by atoms with van der Waals surface area (Å²) < 4.78 is 19.9. The lowest BCUT2D eigenvalue weighted by atomic mass is 10.1. The van der Waals surface area contributed by atoms with Crippen LogP contribution in [0.1, 0.15) is 5.76 Å². The molecule has 4 rings (SSSR count). The molecule has 0 aliphatic carbocycles. The van der Waals surface area contributed by atoms with Crippen molar-refractivity contribution in [3.8, 4) is 11.3 Å². The zero-order valence-corrected chi connectivity index (χ0v) is 14.8. The van der Waals surface area contributed by atoms with Crippen LogP contribution in [0.5, 0.6) is 0 Å². The first-order valence-corrected chi connectivity index (χ1v) is 9.08. The maximum atomic E-state index is 13.1. The monoisotopic (exact) mass is 383 g/mol. The molecule has 3 aromatic heterocycles. The Labute approximate surface area is 157 Å². The number of furan rings is 1. The molecule has 0 radical (unpaired) electrons. The molecule has 0 saturated carbocycles. The Morgan fingerprint density at radius 3 is 2.78 bits per heavy atom. The summed E-state index contributed by atoms with van der Waals surface area (Å²) in [6.45, 7) is 0.333. The van der Waals surface area contributed by atoms with Gasteiger partial charge in [0.1, 0.15) is 11.6 Å². The molecule has 1 aromatic carbocycles. The third-order valence-electron chi connectivity index (χ3n) is 3.75. The van der Waals surface area contributed by atoms with Crippen LogP contribution in [0.2, 0.25) is 0 Å². The molecule has 0 saturated heterocycles. The van der Waals surface area contributed by atoms with Gasteiger partial charge in [-0.25, -0.2) is 4.39 Å². The van der Waals surface area contributed by atoms with Crippen molar-refractivity contribution in [1.29, 1.82) is 0 Å². The van der Waals surface area contributed by atoms with Crippen LogP contribution in [0.15, 0.2) is 64.4 Å². The molecular weight excluding hydrogens is 369 g/mol. The molecule has 0 spiro atoms. The van der Waals surface area contributed by atoms with Gasteiger partial charge in [-0.2, -0.15) is 9.61 Å². The van der Waals surface area contributed by atoms with Crippen molar-refractivity contribution in [3.63, 3.8) is 0 Å². The molecule has 0 atom stereocenters. The predicted octanol–water partition coefficient (Wildman–Crippen LogP) is 2.93. The minimum Gasteiger partial charge on any atom is -0.467 e. The zero-order valence-electron chi connectivity index (χ0n) is 14.0. The predicted molar refractivity (Wildman–Crippen MR) is 97.5 cm³/mol. The molecule has 0 fully saturated rings. The highest BCUT2D eigenvalue weighted by atomic mass is 32.2. The summed E-state index contributed by atoms with van der Waals surface area (Å²) in [6, 6.07) is 13.2. The molecular formula is C18H14FN5O2S. The lowest BCUT2D eigenvalue weighted by Crippen LogP contribution is -2.24. The summed E-state index contributed by atoms with van der Waals surface area (Å²) in [7, 11) is 0. The van der Waals surface area contributed by atoms with Gasteiger partial charge in [0.2, 0.25) is 11.1 Å². The van der Waals surface area contributed by atoms with Crippen molar-refractivity contribution in [2.75, 3.05) is 5.75 Å². The summed E-state index contributed by atoms with van der Waals surface area (Å²) >= 11 is 1.23. The summed E-state index contributed by atoms with van der Waals surface area (Å²) in [4.78, 5) is 12.0. The maximum absolute atomic E-state index is 13.1. The van der Waals surface area contributed by atoms with Crippen molar-refractivity contribution in [2.45, 2.75) is 11.7 Å². The van der Waals surface area contributed by atoms with Crippen LogP contribution < -0.4 is 5.32 Å². The second kappa shape index (κ2) is 7.58. The van der Waals surface area contributed by atoms with Crippen molar-refractivity contribution in [3.05, 3.63) is 66.4 Å². The van der Waals surface area contributed by atoms with Gasteiger partial charge in [0.05, 0.1) is 24.3 Å². The minimum atomic E-state index is -0.305. The first kappa shape index (κ1) is 17.2. The Morgan fingerprint density at radius 2 is 2.00 bits per heavy atom. The third-order valence-corrected chi connectivity index (χ3v) is 4.67. The van der Waals surface area contributed by atoms with Crippen molar-refractivity contribution in [2.24, 2.45) is 0 Å². The van der Waals surface area contributed by atoms with E-state index in [0.717, 1.165) is 5.56 Å². The van der Waals surface area contributed by atoms with Gasteiger partial charge in [0.25, 0.3) is 0 Å². The summed E-state index contributed by atoms with van der Waals surface area (Å²) in [5.41, 5.74) is 2.00. The first-order valence-electron chi connectivity index (χ1n) is 8.09. The Bertz CT molecular complexity index is 1060. The van der Waals surface area contributed by atoms with Crippen molar-refractivity contribution in [1.82, 2.24) is 25.1 Å². The highest BCUT2D eigenvalue weighted by Crippen LogP contribution is 2.21. The third kappa shape index (κ3) is 3.98. The number of carbonyl (C=O) groups excluding carboxylic acids is 1. The van der Waals surface area contributed by atoms with E-state index < -0.39 is 0 Å². The maximum Gasteiger partial charge on any atom is 0.230 e. The Balaban J connectivity index is 1.46. The van der Waals surface area contributed by atoms with E-state index in [1.54, 1.807) is 47.2 Å². The minimum absolute atomic E-state index is 0.150. The highest BCUT2D eigenvalue weighted by Gasteiger charge is 2.12. The number of nitrogens with one attached hydrogen (secondary N) is 1. The number of carbonyl (C=O) groups is 1. The Kier molecular flexibility index (Phi) is 4.84. The second-order valence-electron chi connectivity index (χ2n) is 5.62. The van der Waals surface area contributed by atoms with Crippen LogP contribution in [0.25, 0.3) is 16.9 Å². The van der Waals surface area contributed by atoms with Gasteiger partial charge in [-0.15, -0.1) is 10.2 Å². The van der Waals surface area contributed by atoms with E-state index in [9.17, 15) is 9.18 Å². The number of rotatable bonds is 6. The van der Waals surface area contributed by atoms with E-state index in [1.165, 1.54) is 23.9 Å². The van der Waals surface area contributed by atoms with Crippen LogP contribution in [0, 0.1) is 5.82 Å². The number of thioether (sulfide) groups is 1. The van der Waals surface area contributed by atoms with Crippen LogP contribution in [0.3, 0.4) is 0 Å². The number of fused-ring (bicyclic) bond motifs is 1. The Morgan fingerprint density at radius 1 is 1.15 bits per heavy atom. The molecule has 0 unspecified atom stereocenters. The topological polar surface area (TPSA) is 85.3 Å². The van der Waals surface area contributed by atoms with E-state index in [-0.39, 0.29) is 17.5 Å². The molecule has 9 heteroatoms. The molecule has 7 nitrogen and oxygen atoms in total. The summed E-state index contributed by atoms with van der Waals surface area (Å²) in [5, 5.41) is 15.9. The molecule has 1 N–H and O–H groups in total. The second-order valence-corrected chi connectivity index (χ2v) is 6.57. The number of aromatic nitrogens is 4. The number of amides is 1. The molecule has 3 heterocycles. The fraction of sp³-hybridized carbons (Fsp3) is 0.111. The Hall–Kier alpha value is -3.20. The number of hydrogen-bond acceptors (Lipinski definition) is 6. The number of benzene rings is 1. The van der Waals surface area contributed by atoms with Crippen LogP contribution >= 0.6 is 11.8 Å². The van der Waals surface area contributed by atoms with Gasteiger partial charge in [-0.3, -0.25) is 4.79 Å². The normalized spacial score (nSPS) is 11.0. The van der Waals surface area contributed by atoms with E-state index in [2.05, 4.69) is 20.6 Å². The fourth-order valence-corrected chi connectivity index (χ4v) is 3.13.